The maximum Gasteiger partial charge on any atom is 0.249 e. The van der Waals surface area contributed by atoms with Crippen molar-refractivity contribution in [2.24, 2.45) is 5.73 Å². The van der Waals surface area contributed by atoms with E-state index in [1.165, 1.54) is 0 Å². The van der Waals surface area contributed by atoms with E-state index in [0.29, 0.717) is 25.3 Å². The van der Waals surface area contributed by atoms with E-state index >= 15 is 0 Å². The molecule has 1 heterocycles. The second-order valence-electron chi connectivity index (χ2n) is 4.43. The molecule has 98 valence electrons. The third-order valence-electron chi connectivity index (χ3n) is 3.10. The second-order valence-corrected chi connectivity index (χ2v) is 4.43. The van der Waals surface area contributed by atoms with Gasteiger partial charge in [-0.2, -0.15) is 0 Å². The van der Waals surface area contributed by atoms with Gasteiger partial charge in [0.15, 0.2) is 0 Å². The maximum atomic E-state index is 11.3. The van der Waals surface area contributed by atoms with Crippen LogP contribution in [0.25, 0.3) is 0 Å². The Morgan fingerprint density at radius 1 is 1.50 bits per heavy atom. The minimum atomic E-state index is -0.405. The molecule has 0 radical (unpaired) electrons. The topological polar surface area (TPSA) is 75.8 Å². The third kappa shape index (κ3) is 3.07. The zero-order valence-corrected chi connectivity index (χ0v) is 10.2. The number of benzene rings is 1. The summed E-state index contributed by atoms with van der Waals surface area (Å²) in [6.07, 6.45) is -0.139. The van der Waals surface area contributed by atoms with E-state index in [9.17, 15) is 4.79 Å². The number of hydrogen-bond acceptors (Lipinski definition) is 4. The zero-order valence-electron chi connectivity index (χ0n) is 10.2. The molecule has 5 nitrogen and oxygen atoms in total. The molecule has 1 atom stereocenters. The van der Waals surface area contributed by atoms with Crippen molar-refractivity contribution in [2.45, 2.75) is 12.6 Å². The molecule has 1 unspecified atom stereocenters. The normalized spacial score (nSPS) is 20.8. The predicted octanol–water partition coefficient (Wildman–Crippen LogP) is -0.0214. The minimum Gasteiger partial charge on any atom is -0.394 e. The van der Waals surface area contributed by atoms with Crippen LogP contribution in [0.1, 0.15) is 15.9 Å². The second kappa shape index (κ2) is 5.95. The molecule has 1 aliphatic heterocycles. The van der Waals surface area contributed by atoms with E-state index in [4.69, 9.17) is 15.6 Å². The van der Waals surface area contributed by atoms with Gasteiger partial charge in [0.05, 0.1) is 19.3 Å². The number of morpholine rings is 1. The summed E-state index contributed by atoms with van der Waals surface area (Å²) < 4.78 is 5.39. The van der Waals surface area contributed by atoms with Gasteiger partial charge >= 0.3 is 0 Å². The molecule has 18 heavy (non-hydrogen) atoms. The lowest BCUT2D eigenvalue weighted by atomic mass is 10.1. The van der Waals surface area contributed by atoms with Gasteiger partial charge in [-0.25, -0.2) is 0 Å². The number of ether oxygens (including phenoxy) is 1. The Morgan fingerprint density at radius 3 is 3.00 bits per heavy atom. The Hall–Kier alpha value is -1.43. The highest BCUT2D eigenvalue weighted by Crippen LogP contribution is 2.14. The van der Waals surface area contributed by atoms with Gasteiger partial charge in [0.25, 0.3) is 0 Å². The fraction of sp³-hybridized carbons (Fsp3) is 0.462. The molecule has 1 fully saturated rings. The summed E-state index contributed by atoms with van der Waals surface area (Å²) in [4.78, 5) is 13.5. The van der Waals surface area contributed by atoms with Crippen molar-refractivity contribution in [1.29, 1.82) is 0 Å². The van der Waals surface area contributed by atoms with E-state index < -0.39 is 5.91 Å². The van der Waals surface area contributed by atoms with Gasteiger partial charge in [-0.15, -0.1) is 0 Å². The van der Waals surface area contributed by atoms with E-state index in [-0.39, 0.29) is 12.7 Å². The van der Waals surface area contributed by atoms with Crippen molar-refractivity contribution >= 4 is 5.91 Å². The lowest BCUT2D eigenvalue weighted by Gasteiger charge is -2.32. The summed E-state index contributed by atoms with van der Waals surface area (Å²) in [5.41, 5.74) is 6.83. The summed E-state index contributed by atoms with van der Waals surface area (Å²) in [6, 6.07) is 7.34. The number of amides is 1. The molecule has 3 N–H and O–H groups in total. The summed E-state index contributed by atoms with van der Waals surface area (Å²) >= 11 is 0. The smallest absolute Gasteiger partial charge is 0.249 e. The number of hydrogen-bond donors (Lipinski definition) is 2. The quantitative estimate of drug-likeness (QED) is 0.787. The Morgan fingerprint density at radius 2 is 2.28 bits per heavy atom. The van der Waals surface area contributed by atoms with Crippen LogP contribution in [0.15, 0.2) is 24.3 Å². The van der Waals surface area contributed by atoms with Crippen LogP contribution in [0.4, 0.5) is 0 Å². The SMILES string of the molecule is NC(=O)c1ccccc1CN1CCOC(CO)C1. The van der Waals surface area contributed by atoms with Crippen LogP contribution in [0.2, 0.25) is 0 Å². The predicted molar refractivity (Wildman–Crippen MR) is 67.1 cm³/mol. The Balaban J connectivity index is 2.07. The largest absolute Gasteiger partial charge is 0.394 e. The summed E-state index contributed by atoms with van der Waals surface area (Å²) in [7, 11) is 0. The van der Waals surface area contributed by atoms with Gasteiger partial charge in [0.1, 0.15) is 0 Å². The summed E-state index contributed by atoms with van der Waals surface area (Å²) in [5, 5.41) is 9.09. The molecule has 0 spiro atoms. The average Bonchev–Trinajstić information content (AvgIpc) is 2.39. The summed E-state index contributed by atoms with van der Waals surface area (Å²) in [6.45, 7) is 2.74. The van der Waals surface area contributed by atoms with Crippen molar-refractivity contribution in [1.82, 2.24) is 4.90 Å². The molecule has 1 aromatic carbocycles. The highest BCUT2D eigenvalue weighted by molar-refractivity contribution is 5.94. The van der Waals surface area contributed by atoms with E-state index in [2.05, 4.69) is 4.90 Å². The fourth-order valence-electron chi connectivity index (χ4n) is 2.17. The highest BCUT2D eigenvalue weighted by Gasteiger charge is 2.20. The van der Waals surface area contributed by atoms with Gasteiger partial charge in [0.2, 0.25) is 5.91 Å². The van der Waals surface area contributed by atoms with Gasteiger partial charge in [-0.3, -0.25) is 9.69 Å². The zero-order chi connectivity index (χ0) is 13.0. The Bertz CT molecular complexity index is 422. The third-order valence-corrected chi connectivity index (χ3v) is 3.10. The lowest BCUT2D eigenvalue weighted by molar-refractivity contribution is -0.0551. The molecule has 1 aliphatic rings. The molecule has 1 saturated heterocycles. The van der Waals surface area contributed by atoms with Crippen LogP contribution in [0, 0.1) is 0 Å². The number of rotatable bonds is 4. The number of carbonyl (C=O) groups is 1. The standard InChI is InChI=1S/C13H18N2O3/c14-13(17)12-4-2-1-3-10(12)7-15-5-6-18-11(8-15)9-16/h1-4,11,16H,5-9H2,(H2,14,17). The number of aliphatic hydroxyl groups is 1. The Labute approximate surface area is 106 Å². The Kier molecular flexibility index (Phi) is 4.30. The molecule has 0 aromatic heterocycles. The van der Waals surface area contributed by atoms with Crippen LogP contribution < -0.4 is 5.73 Å². The van der Waals surface area contributed by atoms with E-state index in [0.717, 1.165) is 12.1 Å². The molecular weight excluding hydrogens is 232 g/mol. The molecule has 1 amide bonds. The van der Waals surface area contributed by atoms with Crippen molar-refractivity contribution < 1.29 is 14.6 Å². The van der Waals surface area contributed by atoms with Gasteiger partial charge in [-0.05, 0) is 11.6 Å². The first-order valence-electron chi connectivity index (χ1n) is 6.03. The van der Waals surface area contributed by atoms with Gasteiger partial charge in [-0.1, -0.05) is 18.2 Å². The van der Waals surface area contributed by atoms with E-state index in [1.54, 1.807) is 12.1 Å². The van der Waals surface area contributed by atoms with Crippen molar-refractivity contribution in [2.75, 3.05) is 26.3 Å². The van der Waals surface area contributed by atoms with Crippen LogP contribution >= 0.6 is 0 Å². The molecule has 0 bridgehead atoms. The van der Waals surface area contributed by atoms with Gasteiger partial charge < -0.3 is 15.6 Å². The van der Waals surface area contributed by atoms with Crippen molar-refractivity contribution in [3.8, 4) is 0 Å². The highest BCUT2D eigenvalue weighted by atomic mass is 16.5. The molecule has 2 rings (SSSR count). The lowest BCUT2D eigenvalue weighted by Crippen LogP contribution is -2.43. The number of nitrogens with two attached hydrogens (primary N) is 1. The number of carbonyl (C=O) groups excluding carboxylic acids is 1. The molecule has 0 saturated carbocycles. The average molecular weight is 250 g/mol. The molecule has 1 aromatic rings. The maximum absolute atomic E-state index is 11.3. The monoisotopic (exact) mass is 250 g/mol. The van der Waals surface area contributed by atoms with Crippen molar-refractivity contribution in [3.63, 3.8) is 0 Å². The first-order valence-corrected chi connectivity index (χ1v) is 6.03. The first-order chi connectivity index (χ1) is 8.70. The van der Waals surface area contributed by atoms with Crippen molar-refractivity contribution in [3.05, 3.63) is 35.4 Å². The first kappa shape index (κ1) is 13.0. The summed E-state index contributed by atoms with van der Waals surface area (Å²) in [5.74, 6) is -0.405. The number of primary amides is 1. The van der Waals surface area contributed by atoms with Crippen LogP contribution in [-0.2, 0) is 11.3 Å². The minimum absolute atomic E-state index is 0.0218. The molecule has 5 heteroatoms. The number of nitrogens with zero attached hydrogens (tertiary/aromatic N) is 1. The van der Waals surface area contributed by atoms with Gasteiger partial charge in [0, 0.05) is 25.2 Å². The molecular formula is C13H18N2O3. The fourth-order valence-corrected chi connectivity index (χ4v) is 2.17. The van der Waals surface area contributed by atoms with Crippen LogP contribution in [0.3, 0.4) is 0 Å². The molecule has 0 aliphatic carbocycles. The van der Waals surface area contributed by atoms with Crippen LogP contribution in [-0.4, -0.2) is 48.3 Å². The van der Waals surface area contributed by atoms with Crippen LogP contribution in [0.5, 0.6) is 0 Å². The van der Waals surface area contributed by atoms with E-state index in [1.807, 2.05) is 12.1 Å². The number of aliphatic hydroxyl groups excluding tert-OH is 1.